The lowest BCUT2D eigenvalue weighted by molar-refractivity contribution is -0.386. The molecule has 0 spiro atoms. The number of nitrogens with zero attached hydrogens (tertiary/aromatic N) is 2. The summed E-state index contributed by atoms with van der Waals surface area (Å²) in [5, 5.41) is 10.4. The van der Waals surface area contributed by atoms with Crippen LogP contribution in [-0.2, 0) is 0 Å². The van der Waals surface area contributed by atoms with Gasteiger partial charge in [-0.1, -0.05) is 13.8 Å². The number of aromatic amines is 1. The van der Waals surface area contributed by atoms with Crippen LogP contribution in [0.4, 0.5) is 5.69 Å². The summed E-state index contributed by atoms with van der Waals surface area (Å²) in [7, 11) is 0. The highest BCUT2D eigenvalue weighted by Gasteiger charge is 2.16. The lowest BCUT2D eigenvalue weighted by Gasteiger charge is -1.97. The van der Waals surface area contributed by atoms with E-state index >= 15 is 0 Å². The van der Waals surface area contributed by atoms with Crippen molar-refractivity contribution in [3.8, 4) is 0 Å². The van der Waals surface area contributed by atoms with Crippen LogP contribution in [-0.4, -0.2) is 14.9 Å². The van der Waals surface area contributed by atoms with Crippen LogP contribution in [0, 0.1) is 24.0 Å². The first-order valence-corrected chi connectivity index (χ1v) is 4.24. The van der Waals surface area contributed by atoms with Gasteiger partial charge in [0.25, 0.3) is 0 Å². The maximum absolute atomic E-state index is 10.7. The zero-order chi connectivity index (χ0) is 11.3. The van der Waals surface area contributed by atoms with Crippen molar-refractivity contribution in [3.63, 3.8) is 0 Å². The Balaban J connectivity index is 0.000000791. The van der Waals surface area contributed by atoms with E-state index in [1.165, 1.54) is 13.8 Å². The second kappa shape index (κ2) is 5.11. The van der Waals surface area contributed by atoms with E-state index in [2.05, 4.69) is 9.97 Å². The van der Waals surface area contributed by atoms with Crippen LogP contribution in [0.3, 0.4) is 0 Å². The number of aromatic nitrogens is 2. The van der Waals surface area contributed by atoms with Gasteiger partial charge >= 0.3 is 11.4 Å². The first-order chi connectivity index (χ1) is 6.52. The van der Waals surface area contributed by atoms with Crippen LogP contribution in [0.5, 0.6) is 0 Å². The van der Waals surface area contributed by atoms with Crippen molar-refractivity contribution in [2.24, 2.45) is 0 Å². The van der Waals surface area contributed by atoms with Gasteiger partial charge in [-0.15, -0.1) is 0 Å². The summed E-state index contributed by atoms with van der Waals surface area (Å²) in [6.45, 7) is 6.90. The molecule has 1 aromatic heterocycles. The number of hydrogen-bond acceptors (Lipinski definition) is 4. The maximum Gasteiger partial charge on any atom is 0.345 e. The SMILES string of the molecule is CC.Cc1nc(=O)[nH]c(C)c1[N+](=O)[O-]. The number of nitrogens with one attached hydrogen (secondary N) is 1. The smallest absolute Gasteiger partial charge is 0.304 e. The summed E-state index contributed by atoms with van der Waals surface area (Å²) in [4.78, 5) is 26.2. The minimum absolute atomic E-state index is 0.130. The van der Waals surface area contributed by atoms with Gasteiger partial charge in [-0.25, -0.2) is 4.79 Å². The van der Waals surface area contributed by atoms with Gasteiger partial charge in [0.05, 0.1) is 10.6 Å². The van der Waals surface area contributed by atoms with Gasteiger partial charge in [-0.2, -0.15) is 4.98 Å². The van der Waals surface area contributed by atoms with Crippen molar-refractivity contribution in [3.05, 3.63) is 32.0 Å². The Hall–Kier alpha value is -1.72. The first-order valence-electron chi connectivity index (χ1n) is 4.24. The summed E-state index contributed by atoms with van der Waals surface area (Å²) >= 11 is 0. The summed E-state index contributed by atoms with van der Waals surface area (Å²) in [5.41, 5.74) is -0.316. The molecule has 0 aromatic carbocycles. The van der Waals surface area contributed by atoms with Crippen LogP contribution in [0.15, 0.2) is 4.79 Å². The lowest BCUT2D eigenvalue weighted by Crippen LogP contribution is -2.15. The molecular weight excluding hydrogens is 186 g/mol. The molecule has 0 fully saturated rings. The number of nitro groups is 1. The Morgan fingerprint density at radius 2 is 1.86 bits per heavy atom. The number of rotatable bonds is 1. The Morgan fingerprint density at radius 1 is 1.36 bits per heavy atom. The van der Waals surface area contributed by atoms with Crippen molar-refractivity contribution >= 4 is 5.69 Å². The Bertz CT molecular complexity index is 358. The monoisotopic (exact) mass is 199 g/mol. The quantitative estimate of drug-likeness (QED) is 0.545. The number of aryl methyl sites for hydroxylation is 2. The molecule has 0 amide bonds. The molecule has 1 rings (SSSR count). The van der Waals surface area contributed by atoms with Crippen molar-refractivity contribution in [2.75, 3.05) is 0 Å². The molecule has 0 radical (unpaired) electrons. The lowest BCUT2D eigenvalue weighted by atomic mass is 10.3. The summed E-state index contributed by atoms with van der Waals surface area (Å²) in [6.07, 6.45) is 0. The van der Waals surface area contributed by atoms with Crippen molar-refractivity contribution in [1.29, 1.82) is 0 Å². The van der Waals surface area contributed by atoms with E-state index in [0.717, 1.165) is 0 Å². The standard InChI is InChI=1S/C6H7N3O3.C2H6/c1-3-5(9(11)12)4(2)8-6(10)7-3;1-2/h1-2H3,(H,7,8,10);1-2H3. The van der Waals surface area contributed by atoms with Crippen LogP contribution >= 0.6 is 0 Å². The van der Waals surface area contributed by atoms with Crippen LogP contribution in [0.1, 0.15) is 25.2 Å². The van der Waals surface area contributed by atoms with Crippen molar-refractivity contribution < 1.29 is 4.92 Å². The third-order valence-corrected chi connectivity index (χ3v) is 1.44. The molecule has 0 unspecified atom stereocenters. The number of H-pyrrole nitrogens is 1. The zero-order valence-corrected chi connectivity index (χ0v) is 8.62. The van der Waals surface area contributed by atoms with E-state index in [0.29, 0.717) is 0 Å². The van der Waals surface area contributed by atoms with Crippen LogP contribution in [0.2, 0.25) is 0 Å². The van der Waals surface area contributed by atoms with Crippen LogP contribution < -0.4 is 5.69 Å². The van der Waals surface area contributed by atoms with E-state index < -0.39 is 10.6 Å². The molecule has 0 aliphatic rings. The van der Waals surface area contributed by atoms with E-state index in [4.69, 9.17) is 0 Å². The summed E-state index contributed by atoms with van der Waals surface area (Å²) < 4.78 is 0. The zero-order valence-electron chi connectivity index (χ0n) is 8.62. The molecule has 1 N–H and O–H groups in total. The highest BCUT2D eigenvalue weighted by atomic mass is 16.6. The van der Waals surface area contributed by atoms with Crippen molar-refractivity contribution in [2.45, 2.75) is 27.7 Å². The fraction of sp³-hybridized carbons (Fsp3) is 0.500. The van der Waals surface area contributed by atoms with E-state index in [1.54, 1.807) is 0 Å². The second-order valence-electron chi connectivity index (χ2n) is 2.36. The second-order valence-corrected chi connectivity index (χ2v) is 2.36. The van der Waals surface area contributed by atoms with Crippen LogP contribution in [0.25, 0.3) is 0 Å². The average molecular weight is 199 g/mol. The predicted molar refractivity (Wildman–Crippen MR) is 52.3 cm³/mol. The molecule has 0 aliphatic carbocycles. The third-order valence-electron chi connectivity index (χ3n) is 1.44. The average Bonchev–Trinajstić information content (AvgIpc) is 2.04. The molecule has 0 bridgehead atoms. The minimum atomic E-state index is -0.562. The fourth-order valence-corrected chi connectivity index (χ4v) is 0.993. The van der Waals surface area contributed by atoms with E-state index in [-0.39, 0.29) is 17.1 Å². The van der Waals surface area contributed by atoms with Gasteiger partial charge in [-0.3, -0.25) is 10.1 Å². The molecular formula is C8H13N3O3. The molecule has 0 atom stereocenters. The van der Waals surface area contributed by atoms with E-state index in [9.17, 15) is 14.9 Å². The predicted octanol–water partition coefficient (Wildman–Crippen LogP) is 1.32. The molecule has 0 saturated carbocycles. The molecule has 78 valence electrons. The van der Waals surface area contributed by atoms with Crippen molar-refractivity contribution in [1.82, 2.24) is 9.97 Å². The Kier molecular flexibility index (Phi) is 4.48. The van der Waals surface area contributed by atoms with E-state index in [1.807, 2.05) is 13.8 Å². The van der Waals surface area contributed by atoms with Gasteiger partial charge in [0.1, 0.15) is 5.69 Å². The molecule has 6 heteroatoms. The largest absolute Gasteiger partial charge is 0.345 e. The normalized spacial score (nSPS) is 8.86. The Labute approximate surface area is 81.2 Å². The van der Waals surface area contributed by atoms with Gasteiger partial charge in [0, 0.05) is 0 Å². The topological polar surface area (TPSA) is 88.9 Å². The summed E-state index contributed by atoms with van der Waals surface area (Å²) in [5.74, 6) is 0. The maximum atomic E-state index is 10.7. The van der Waals surface area contributed by atoms with Gasteiger partial charge in [0.2, 0.25) is 0 Å². The van der Waals surface area contributed by atoms with Gasteiger partial charge < -0.3 is 4.98 Å². The Morgan fingerprint density at radius 3 is 2.21 bits per heavy atom. The highest BCUT2D eigenvalue weighted by Crippen LogP contribution is 2.15. The molecule has 14 heavy (non-hydrogen) atoms. The number of hydrogen-bond donors (Lipinski definition) is 1. The minimum Gasteiger partial charge on any atom is -0.304 e. The first kappa shape index (κ1) is 12.3. The molecule has 6 nitrogen and oxygen atoms in total. The fourth-order valence-electron chi connectivity index (χ4n) is 0.993. The summed E-state index contributed by atoms with van der Waals surface area (Å²) in [6, 6.07) is 0. The molecule has 0 aliphatic heterocycles. The third kappa shape index (κ3) is 2.65. The van der Waals surface area contributed by atoms with Gasteiger partial charge in [0.15, 0.2) is 0 Å². The molecule has 0 saturated heterocycles. The molecule has 1 heterocycles. The molecule has 1 aromatic rings. The van der Waals surface area contributed by atoms with Gasteiger partial charge in [-0.05, 0) is 13.8 Å². The highest BCUT2D eigenvalue weighted by molar-refractivity contribution is 5.37.